The molecular weight excluding hydrogens is 201 g/mol. The number of hydrogen-bond acceptors (Lipinski definition) is 0. The molecule has 0 spiro atoms. The second kappa shape index (κ2) is 3.08. The molecule has 1 atom stereocenters. The third-order valence-corrected chi connectivity index (χ3v) is 8.89. The molecule has 2 heteroatoms. The number of alkyl halides is 1. The summed E-state index contributed by atoms with van der Waals surface area (Å²) in [6, 6.07) is 0. The second-order valence-electron chi connectivity index (χ2n) is 1.69. The molecule has 0 heterocycles. The van der Waals surface area contributed by atoms with E-state index in [9.17, 15) is 0 Å². The van der Waals surface area contributed by atoms with E-state index in [0.29, 0.717) is 0 Å². The Hall–Kier alpha value is 1.02. The number of hydrogen-bond donors (Lipinski definition) is 0. The van der Waals surface area contributed by atoms with E-state index in [4.69, 9.17) is 0 Å². The second-order valence-corrected chi connectivity index (χ2v) is 11.2. The van der Waals surface area contributed by atoms with E-state index < -0.39 is 14.3 Å². The monoisotopic (exact) mass is 211 g/mol. The zero-order chi connectivity index (χ0) is 5.15. The zero-order valence-corrected chi connectivity index (χ0v) is 8.14. The molecule has 0 aromatic rings. The molecule has 1 radical (unpaired) electrons. The maximum absolute atomic E-state index is 3.51. The van der Waals surface area contributed by atoms with Gasteiger partial charge in [-0.3, -0.25) is 0 Å². The summed E-state index contributed by atoms with van der Waals surface area (Å²) in [7, 11) is 0. The molecule has 0 amide bonds. The molecular formula is C4H10BrGe. The Balaban J connectivity index is 2.99. The molecule has 0 aliphatic rings. The van der Waals surface area contributed by atoms with Crippen LogP contribution in [0, 0.1) is 0 Å². The van der Waals surface area contributed by atoms with E-state index in [1.165, 1.54) is 0 Å². The van der Waals surface area contributed by atoms with Gasteiger partial charge in [0.2, 0.25) is 0 Å². The van der Waals surface area contributed by atoms with E-state index in [-0.39, 0.29) is 0 Å². The van der Waals surface area contributed by atoms with Crippen LogP contribution in [0.1, 0.15) is 6.92 Å². The van der Waals surface area contributed by atoms with Gasteiger partial charge in [-0.05, 0) is 0 Å². The van der Waals surface area contributed by atoms with Crippen LogP contribution < -0.4 is 0 Å². The first kappa shape index (κ1) is 7.02. The topological polar surface area (TPSA) is 0 Å². The third kappa shape index (κ3) is 3.22. The van der Waals surface area contributed by atoms with Gasteiger partial charge in [0.1, 0.15) is 0 Å². The Labute approximate surface area is 52.6 Å². The van der Waals surface area contributed by atoms with Gasteiger partial charge in [0.25, 0.3) is 0 Å². The predicted molar refractivity (Wildman–Crippen MR) is 35.9 cm³/mol. The molecule has 0 fully saturated rings. The van der Waals surface area contributed by atoms with Crippen molar-refractivity contribution in [1.29, 1.82) is 0 Å². The molecule has 0 aliphatic heterocycles. The van der Waals surface area contributed by atoms with Gasteiger partial charge in [0.15, 0.2) is 0 Å². The first-order chi connectivity index (χ1) is 2.64. The average Bonchev–Trinajstić information content (AvgIpc) is 1.36. The van der Waals surface area contributed by atoms with E-state index in [1.807, 2.05) is 0 Å². The van der Waals surface area contributed by atoms with Crippen molar-refractivity contribution >= 4 is 30.3 Å². The van der Waals surface area contributed by atoms with Gasteiger partial charge in [-0.2, -0.15) is 0 Å². The van der Waals surface area contributed by atoms with E-state index in [2.05, 4.69) is 34.4 Å². The fourth-order valence-corrected chi connectivity index (χ4v) is 0. The first-order valence-electron chi connectivity index (χ1n) is 2.08. The summed E-state index contributed by atoms with van der Waals surface area (Å²) < 4.78 is 0.831. The molecule has 0 N–H and O–H groups in total. The third-order valence-electron chi connectivity index (χ3n) is 0.796. The van der Waals surface area contributed by atoms with Gasteiger partial charge in [0, 0.05) is 0 Å². The molecule has 0 bridgehead atoms. The van der Waals surface area contributed by atoms with E-state index >= 15 is 0 Å². The Bertz CT molecular complexity index is 28.5. The van der Waals surface area contributed by atoms with Crippen LogP contribution in [0.3, 0.4) is 0 Å². The Morgan fingerprint density at radius 2 is 1.67 bits per heavy atom. The van der Waals surface area contributed by atoms with Crippen LogP contribution in [0.25, 0.3) is 0 Å². The first-order valence-corrected chi connectivity index (χ1v) is 8.41. The van der Waals surface area contributed by atoms with Crippen molar-refractivity contribution in [3.8, 4) is 0 Å². The van der Waals surface area contributed by atoms with Crippen LogP contribution in [-0.4, -0.2) is 18.0 Å². The van der Waals surface area contributed by atoms with Gasteiger partial charge in [-0.15, -0.1) is 0 Å². The van der Waals surface area contributed by atoms with Crippen LogP contribution in [0.5, 0.6) is 0 Å². The molecule has 0 aromatic carbocycles. The standard InChI is InChI=1S/C4H10BrGe/c1-4(5)6(2)3/h4H,1-3H3. The minimum absolute atomic E-state index is 0.546. The fourth-order valence-electron chi connectivity index (χ4n) is 0. The molecule has 6 heavy (non-hydrogen) atoms. The molecule has 1 unspecified atom stereocenters. The summed E-state index contributed by atoms with van der Waals surface area (Å²) in [4.78, 5) is 0. The molecule has 0 nitrogen and oxygen atoms in total. The van der Waals surface area contributed by atoms with Gasteiger partial charge in [0.05, 0.1) is 0 Å². The molecule has 0 rings (SSSR count). The van der Waals surface area contributed by atoms with Crippen molar-refractivity contribution in [2.24, 2.45) is 0 Å². The minimum atomic E-state index is -0.546. The summed E-state index contributed by atoms with van der Waals surface area (Å²) in [5, 5.41) is 0. The van der Waals surface area contributed by atoms with Gasteiger partial charge < -0.3 is 0 Å². The van der Waals surface area contributed by atoms with Crippen LogP contribution in [0.15, 0.2) is 0 Å². The van der Waals surface area contributed by atoms with Crippen LogP contribution in [0.2, 0.25) is 11.5 Å². The summed E-state index contributed by atoms with van der Waals surface area (Å²) in [6.45, 7) is 2.23. The Morgan fingerprint density at radius 1 is 1.50 bits per heavy atom. The molecule has 0 saturated heterocycles. The predicted octanol–water partition coefficient (Wildman–Crippen LogP) is 2.06. The normalized spacial score (nSPS) is 15.5. The molecule has 0 aromatic heterocycles. The van der Waals surface area contributed by atoms with Gasteiger partial charge in [-0.25, -0.2) is 0 Å². The van der Waals surface area contributed by atoms with Crippen molar-refractivity contribution in [3.05, 3.63) is 0 Å². The Morgan fingerprint density at radius 3 is 1.67 bits per heavy atom. The SMILES string of the molecule is C[CH](Br)[Ge]([CH3])[CH3]. The van der Waals surface area contributed by atoms with Crippen molar-refractivity contribution in [1.82, 2.24) is 0 Å². The van der Waals surface area contributed by atoms with E-state index in [0.717, 1.165) is 3.66 Å². The van der Waals surface area contributed by atoms with Gasteiger partial charge >= 0.3 is 52.4 Å². The van der Waals surface area contributed by atoms with Crippen molar-refractivity contribution in [3.63, 3.8) is 0 Å². The van der Waals surface area contributed by atoms with Crippen LogP contribution in [0.4, 0.5) is 0 Å². The summed E-state index contributed by atoms with van der Waals surface area (Å²) in [5.41, 5.74) is 0. The zero-order valence-electron chi connectivity index (χ0n) is 4.46. The summed E-state index contributed by atoms with van der Waals surface area (Å²) in [5.74, 6) is 4.72. The van der Waals surface area contributed by atoms with Crippen molar-refractivity contribution in [2.75, 3.05) is 0 Å². The van der Waals surface area contributed by atoms with Gasteiger partial charge in [-0.1, -0.05) is 0 Å². The van der Waals surface area contributed by atoms with Crippen molar-refractivity contribution < 1.29 is 0 Å². The number of halogens is 1. The number of rotatable bonds is 1. The average molecular weight is 211 g/mol. The molecule has 37 valence electrons. The quantitative estimate of drug-likeness (QED) is 0.459. The van der Waals surface area contributed by atoms with Crippen LogP contribution in [-0.2, 0) is 0 Å². The van der Waals surface area contributed by atoms with E-state index in [1.54, 1.807) is 0 Å². The summed E-state index contributed by atoms with van der Waals surface area (Å²) >= 11 is 2.97. The Kier molecular flexibility index (Phi) is 3.61. The summed E-state index contributed by atoms with van der Waals surface area (Å²) in [6.07, 6.45) is 0. The van der Waals surface area contributed by atoms with Crippen molar-refractivity contribution in [2.45, 2.75) is 22.1 Å². The fraction of sp³-hybridized carbons (Fsp3) is 1.00. The van der Waals surface area contributed by atoms with Crippen LogP contribution >= 0.6 is 15.9 Å². The molecule has 0 aliphatic carbocycles. The maximum atomic E-state index is 3.51. The molecule has 0 saturated carbocycles.